The third-order valence-electron chi connectivity index (χ3n) is 7.18. The van der Waals surface area contributed by atoms with Crippen molar-refractivity contribution < 1.29 is 37.4 Å². The summed E-state index contributed by atoms with van der Waals surface area (Å²) in [5.74, 6) is -1.73. The van der Waals surface area contributed by atoms with Crippen LogP contribution in [0, 0.1) is 11.6 Å². The first-order valence-corrected chi connectivity index (χ1v) is 14.6. The summed E-state index contributed by atoms with van der Waals surface area (Å²) in [6.07, 6.45) is 2.78. The molecule has 13 heteroatoms. The Hall–Kier alpha value is -4.13. The summed E-state index contributed by atoms with van der Waals surface area (Å²) >= 11 is 3.11. The quantitative estimate of drug-likeness (QED) is 0.193. The van der Waals surface area contributed by atoms with Gasteiger partial charge in [0, 0.05) is 63.4 Å². The fraction of sp³-hybridized carbons (Fsp3) is 0.387. The minimum atomic E-state index is -0.546. The number of amides is 1. The second kappa shape index (κ2) is 12.8. The average Bonchev–Trinajstić information content (AvgIpc) is 3.51. The van der Waals surface area contributed by atoms with E-state index in [2.05, 4.69) is 20.7 Å². The lowest BCUT2D eigenvalue weighted by molar-refractivity contribution is 0.0240. The molecule has 5 rings (SSSR count). The lowest BCUT2D eigenvalue weighted by atomic mass is 10.1. The van der Waals surface area contributed by atoms with Crippen LogP contribution in [0.15, 0.2) is 41.1 Å². The van der Waals surface area contributed by atoms with Crippen molar-refractivity contribution in [2.75, 3.05) is 45.3 Å². The number of halogens is 3. The molecule has 1 aliphatic heterocycles. The van der Waals surface area contributed by atoms with Gasteiger partial charge in [0.1, 0.15) is 5.60 Å². The first kappa shape index (κ1) is 32.8. The van der Waals surface area contributed by atoms with Gasteiger partial charge in [-0.2, -0.15) is 0 Å². The molecule has 1 amide bonds. The number of aryl methyl sites for hydroxylation is 2. The monoisotopic (exact) mass is 676 g/mol. The second-order valence-corrected chi connectivity index (χ2v) is 12.2. The number of rotatable bonds is 3. The molecule has 1 saturated heterocycles. The average molecular weight is 678 g/mol. The smallest absolute Gasteiger partial charge is 0.410 e. The minimum absolute atomic E-state index is 0.334. The van der Waals surface area contributed by atoms with E-state index in [1.54, 1.807) is 64.8 Å². The van der Waals surface area contributed by atoms with E-state index in [1.807, 2.05) is 25.7 Å². The van der Waals surface area contributed by atoms with Crippen molar-refractivity contribution in [3.63, 3.8) is 0 Å². The highest BCUT2D eigenvalue weighted by Gasteiger charge is 2.28. The fourth-order valence-electron chi connectivity index (χ4n) is 5.12. The normalized spacial score (nSPS) is 13.5. The summed E-state index contributed by atoms with van der Waals surface area (Å²) in [5, 5.41) is 1.07. The molecule has 0 N–H and O–H groups in total. The van der Waals surface area contributed by atoms with Crippen LogP contribution in [0.5, 0.6) is 0 Å². The molecule has 0 unspecified atom stereocenters. The largest absolute Gasteiger partial charge is 0.465 e. The zero-order chi connectivity index (χ0) is 32.5. The number of nitrogens with zero attached hydrogens (tertiary/aromatic N) is 4. The van der Waals surface area contributed by atoms with Crippen LogP contribution in [-0.4, -0.2) is 78.1 Å². The Labute approximate surface area is 262 Å². The van der Waals surface area contributed by atoms with E-state index in [0.717, 1.165) is 0 Å². The number of esters is 2. The van der Waals surface area contributed by atoms with E-state index in [9.17, 15) is 18.8 Å². The number of methoxy groups -OCH3 is 2. The number of piperazine rings is 1. The van der Waals surface area contributed by atoms with Crippen molar-refractivity contribution in [2.24, 2.45) is 14.1 Å². The number of benzene rings is 2. The number of ether oxygens (including phenoxy) is 3. The lowest BCUT2D eigenvalue weighted by Gasteiger charge is -2.36. The van der Waals surface area contributed by atoms with Gasteiger partial charge in [0.05, 0.1) is 46.5 Å². The molecule has 1 aliphatic rings. The van der Waals surface area contributed by atoms with E-state index < -0.39 is 17.5 Å². The Kier molecular flexibility index (Phi) is 9.57. The summed E-state index contributed by atoms with van der Waals surface area (Å²) < 4.78 is 47.4. The maximum atomic E-state index is 15.3. The highest BCUT2D eigenvalue weighted by molar-refractivity contribution is 9.10. The highest BCUT2D eigenvalue weighted by atomic mass is 79.9. The zero-order valence-electron chi connectivity index (χ0n) is 25.7. The van der Waals surface area contributed by atoms with Gasteiger partial charge in [-0.3, -0.25) is 0 Å². The maximum Gasteiger partial charge on any atom is 0.410 e. The molecular weight excluding hydrogens is 642 g/mol. The summed E-state index contributed by atoms with van der Waals surface area (Å²) in [6.45, 7) is 7.38. The minimum Gasteiger partial charge on any atom is -0.465 e. The SMILES string of the molecule is COC(=O)c1cn(C)c2c(F)c(Br)ccc12.COC(=O)c1cn(C)c2c(F)c(N3CCN(C(=O)OC(C)(C)C)CC3)ccc12. The number of aromatic nitrogens is 2. The summed E-state index contributed by atoms with van der Waals surface area (Å²) in [5.41, 5.74) is 1.35. The molecule has 0 atom stereocenters. The highest BCUT2D eigenvalue weighted by Crippen LogP contribution is 2.32. The number of hydrogen-bond acceptors (Lipinski definition) is 7. The maximum absolute atomic E-state index is 15.3. The first-order valence-electron chi connectivity index (χ1n) is 13.8. The number of carbonyl (C=O) groups excluding carboxylic acids is 3. The van der Waals surface area contributed by atoms with Crippen molar-refractivity contribution in [1.29, 1.82) is 0 Å². The van der Waals surface area contributed by atoms with Crippen molar-refractivity contribution >= 4 is 61.5 Å². The molecule has 0 radical (unpaired) electrons. The topological polar surface area (TPSA) is 95.2 Å². The number of fused-ring (bicyclic) bond motifs is 2. The molecule has 44 heavy (non-hydrogen) atoms. The number of anilines is 1. The molecule has 2 aromatic heterocycles. The van der Waals surface area contributed by atoms with Crippen molar-refractivity contribution in [2.45, 2.75) is 26.4 Å². The summed E-state index contributed by atoms with van der Waals surface area (Å²) in [4.78, 5) is 39.1. The van der Waals surface area contributed by atoms with Crippen LogP contribution in [0.2, 0.25) is 0 Å². The van der Waals surface area contributed by atoms with Crippen LogP contribution in [0.4, 0.5) is 19.3 Å². The van der Waals surface area contributed by atoms with Gasteiger partial charge in [0.2, 0.25) is 0 Å². The zero-order valence-corrected chi connectivity index (χ0v) is 27.3. The first-order chi connectivity index (χ1) is 20.7. The molecule has 2 aromatic carbocycles. The van der Waals surface area contributed by atoms with Crippen molar-refractivity contribution in [1.82, 2.24) is 14.0 Å². The van der Waals surface area contributed by atoms with Gasteiger partial charge in [-0.15, -0.1) is 0 Å². The molecule has 236 valence electrons. The van der Waals surface area contributed by atoms with Gasteiger partial charge in [0.15, 0.2) is 11.6 Å². The number of hydrogen-bond donors (Lipinski definition) is 0. The van der Waals surface area contributed by atoms with Gasteiger partial charge in [-0.1, -0.05) is 6.07 Å². The van der Waals surface area contributed by atoms with Crippen LogP contribution in [-0.2, 0) is 28.3 Å². The van der Waals surface area contributed by atoms with Crippen molar-refractivity contribution in [3.8, 4) is 0 Å². The fourth-order valence-corrected chi connectivity index (χ4v) is 5.44. The summed E-state index contributed by atoms with van der Waals surface area (Å²) in [6, 6.07) is 6.67. The Morgan fingerprint density at radius 2 is 1.25 bits per heavy atom. The predicted octanol–water partition coefficient (Wildman–Crippen LogP) is 6.03. The molecule has 0 aliphatic carbocycles. The van der Waals surface area contributed by atoms with Gasteiger partial charge >= 0.3 is 18.0 Å². The van der Waals surface area contributed by atoms with E-state index in [0.29, 0.717) is 69.3 Å². The van der Waals surface area contributed by atoms with E-state index in [4.69, 9.17) is 9.47 Å². The van der Waals surface area contributed by atoms with Crippen LogP contribution in [0.3, 0.4) is 0 Å². The Morgan fingerprint density at radius 3 is 1.73 bits per heavy atom. The van der Waals surface area contributed by atoms with Crippen LogP contribution in [0.1, 0.15) is 41.5 Å². The van der Waals surface area contributed by atoms with E-state index in [-0.39, 0.29) is 17.7 Å². The van der Waals surface area contributed by atoms with Crippen LogP contribution in [0.25, 0.3) is 21.8 Å². The molecule has 0 bridgehead atoms. The molecule has 1 fully saturated rings. The van der Waals surface area contributed by atoms with Crippen LogP contribution < -0.4 is 4.90 Å². The second-order valence-electron chi connectivity index (χ2n) is 11.3. The molecule has 10 nitrogen and oxygen atoms in total. The molecule has 0 saturated carbocycles. The Balaban J connectivity index is 0.000000233. The Morgan fingerprint density at radius 1 is 0.773 bits per heavy atom. The summed E-state index contributed by atoms with van der Waals surface area (Å²) in [7, 11) is 5.98. The number of carbonyl (C=O) groups is 3. The predicted molar refractivity (Wildman–Crippen MR) is 166 cm³/mol. The van der Waals surface area contributed by atoms with Gasteiger partial charge in [-0.25, -0.2) is 23.2 Å². The van der Waals surface area contributed by atoms with Gasteiger partial charge in [-0.05, 0) is 54.9 Å². The molecule has 4 aromatic rings. The standard InChI is InChI=1S/C20H26FN3O4.C11H9BrFNO2/c1-20(2,3)28-19(26)24-10-8-23(9-11-24)15-7-6-13-14(18(25)27-5)12-22(4)17(13)16(15)21;1-14-5-7(11(15)16-2)6-3-4-8(12)9(13)10(6)14/h6-7,12H,8-11H2,1-5H3;3-5H,1-2H3. The van der Waals surface area contributed by atoms with E-state index in [1.165, 1.54) is 14.2 Å². The van der Waals surface area contributed by atoms with Gasteiger partial charge in [0.25, 0.3) is 0 Å². The van der Waals surface area contributed by atoms with Gasteiger partial charge < -0.3 is 33.1 Å². The van der Waals surface area contributed by atoms with E-state index >= 15 is 4.39 Å². The van der Waals surface area contributed by atoms with Crippen molar-refractivity contribution in [3.05, 3.63) is 63.9 Å². The Bertz CT molecular complexity index is 1730. The molecule has 0 spiro atoms. The lowest BCUT2D eigenvalue weighted by Crippen LogP contribution is -2.50. The molecule has 3 heterocycles. The molecular formula is C31H35BrF2N4O6. The third-order valence-corrected chi connectivity index (χ3v) is 7.79. The van der Waals surface area contributed by atoms with Crippen LogP contribution >= 0.6 is 15.9 Å². The third kappa shape index (κ3) is 6.52.